The molecule has 0 aliphatic heterocycles. The lowest BCUT2D eigenvalue weighted by Gasteiger charge is -2.11. The molecule has 2 rings (SSSR count). The summed E-state index contributed by atoms with van der Waals surface area (Å²) >= 11 is 11.9. The first-order chi connectivity index (χ1) is 10.2. The number of rotatable bonds is 5. The molecule has 1 aromatic heterocycles. The van der Waals surface area contributed by atoms with Crippen LogP contribution in [0.2, 0.25) is 10.0 Å². The minimum Gasteiger partial charge on any atom is -0.467 e. The summed E-state index contributed by atoms with van der Waals surface area (Å²) in [7, 11) is 1.73. The highest BCUT2D eigenvalue weighted by Crippen LogP contribution is 2.19. The number of nitrogens with zero attached hydrogens (tertiary/aromatic N) is 1. The summed E-state index contributed by atoms with van der Waals surface area (Å²) in [6.07, 6.45) is 2.46. The summed E-state index contributed by atoms with van der Waals surface area (Å²) in [5, 5.41) is 7.71. The molecule has 0 bridgehead atoms. The van der Waals surface area contributed by atoms with Gasteiger partial charge in [0, 0.05) is 23.6 Å². The van der Waals surface area contributed by atoms with Gasteiger partial charge in [-0.1, -0.05) is 23.2 Å². The van der Waals surface area contributed by atoms with Crippen molar-refractivity contribution in [1.82, 2.24) is 10.6 Å². The Morgan fingerprint density at radius 2 is 1.95 bits per heavy atom. The number of benzene rings is 1. The monoisotopic (exact) mass is 325 g/mol. The van der Waals surface area contributed by atoms with Crippen LogP contribution in [-0.2, 0) is 13.0 Å². The van der Waals surface area contributed by atoms with E-state index in [0.29, 0.717) is 16.6 Å². The van der Waals surface area contributed by atoms with Crippen LogP contribution in [-0.4, -0.2) is 19.6 Å². The minimum atomic E-state index is 0.593. The first kappa shape index (κ1) is 15.7. The van der Waals surface area contributed by atoms with E-state index in [1.807, 2.05) is 24.3 Å². The Hall–Kier alpha value is -1.65. The molecule has 0 radical (unpaired) electrons. The fourth-order valence-electron chi connectivity index (χ4n) is 1.89. The van der Waals surface area contributed by atoms with Gasteiger partial charge in [0.2, 0.25) is 0 Å². The molecule has 1 heterocycles. The van der Waals surface area contributed by atoms with Gasteiger partial charge in [0.1, 0.15) is 5.76 Å². The molecule has 0 spiro atoms. The van der Waals surface area contributed by atoms with Crippen molar-refractivity contribution in [2.45, 2.75) is 13.0 Å². The number of hydrogen-bond acceptors (Lipinski definition) is 2. The fourth-order valence-corrected chi connectivity index (χ4v) is 2.46. The number of hydrogen-bond donors (Lipinski definition) is 2. The highest BCUT2D eigenvalue weighted by Gasteiger charge is 2.01. The quantitative estimate of drug-likeness (QED) is 0.653. The van der Waals surface area contributed by atoms with Gasteiger partial charge in [-0.2, -0.15) is 0 Å². The zero-order valence-electron chi connectivity index (χ0n) is 11.7. The third-order valence-corrected chi connectivity index (χ3v) is 3.30. The standard InChI is InChI=1S/C15H17Cl2N3O/c1-18-15(20-10-14-3-2-6-21-14)19-5-4-11-7-12(16)9-13(17)8-11/h2-3,6-9H,4-5,10H2,1H3,(H2,18,19,20). The van der Waals surface area contributed by atoms with E-state index in [9.17, 15) is 0 Å². The average Bonchev–Trinajstić information content (AvgIpc) is 2.94. The van der Waals surface area contributed by atoms with Crippen molar-refractivity contribution < 1.29 is 4.42 Å². The highest BCUT2D eigenvalue weighted by molar-refractivity contribution is 6.34. The molecule has 0 aliphatic carbocycles. The lowest BCUT2D eigenvalue weighted by molar-refractivity contribution is 0.501. The van der Waals surface area contributed by atoms with Crippen LogP contribution in [0.5, 0.6) is 0 Å². The molecule has 2 aromatic rings. The van der Waals surface area contributed by atoms with Gasteiger partial charge in [-0.25, -0.2) is 0 Å². The molecule has 4 nitrogen and oxygen atoms in total. The molecule has 2 N–H and O–H groups in total. The molecule has 0 atom stereocenters. The van der Waals surface area contributed by atoms with Crippen molar-refractivity contribution in [1.29, 1.82) is 0 Å². The van der Waals surface area contributed by atoms with Crippen LogP contribution in [0, 0.1) is 0 Å². The normalized spacial score (nSPS) is 11.5. The molecule has 0 saturated heterocycles. The summed E-state index contributed by atoms with van der Waals surface area (Å²) in [6.45, 7) is 1.32. The average molecular weight is 326 g/mol. The van der Waals surface area contributed by atoms with E-state index in [0.717, 1.165) is 30.2 Å². The molecule has 6 heteroatoms. The topological polar surface area (TPSA) is 49.6 Å². The zero-order valence-corrected chi connectivity index (χ0v) is 13.2. The van der Waals surface area contributed by atoms with Gasteiger partial charge in [-0.3, -0.25) is 4.99 Å². The first-order valence-corrected chi connectivity index (χ1v) is 7.35. The van der Waals surface area contributed by atoms with Crippen molar-refractivity contribution in [2.24, 2.45) is 4.99 Å². The predicted octanol–water partition coefficient (Wildman–Crippen LogP) is 3.49. The fraction of sp³-hybridized carbons (Fsp3) is 0.267. The number of aliphatic imine (C=N–C) groups is 1. The van der Waals surface area contributed by atoms with Crippen LogP contribution in [0.3, 0.4) is 0 Å². The molecule has 0 aliphatic rings. The van der Waals surface area contributed by atoms with E-state index >= 15 is 0 Å². The Labute approximate surface area is 134 Å². The van der Waals surface area contributed by atoms with Crippen LogP contribution in [0.4, 0.5) is 0 Å². The lowest BCUT2D eigenvalue weighted by atomic mass is 10.1. The molecular formula is C15H17Cl2N3O. The van der Waals surface area contributed by atoms with E-state index in [4.69, 9.17) is 27.6 Å². The van der Waals surface area contributed by atoms with Crippen LogP contribution in [0.15, 0.2) is 46.0 Å². The van der Waals surface area contributed by atoms with Gasteiger partial charge < -0.3 is 15.1 Å². The Balaban J connectivity index is 1.78. The summed E-state index contributed by atoms with van der Waals surface area (Å²) in [5.74, 6) is 1.58. The van der Waals surface area contributed by atoms with Gasteiger partial charge in [0.25, 0.3) is 0 Å². The third kappa shape index (κ3) is 5.33. The second-order valence-electron chi connectivity index (χ2n) is 4.46. The molecule has 0 saturated carbocycles. The number of furan rings is 1. The molecule has 0 unspecified atom stereocenters. The Bertz CT molecular complexity index is 577. The van der Waals surface area contributed by atoms with E-state index in [1.165, 1.54) is 0 Å². The van der Waals surface area contributed by atoms with Gasteiger partial charge in [-0.15, -0.1) is 0 Å². The molecule has 21 heavy (non-hydrogen) atoms. The maximum absolute atomic E-state index is 5.97. The van der Waals surface area contributed by atoms with Crippen LogP contribution in [0.1, 0.15) is 11.3 Å². The van der Waals surface area contributed by atoms with E-state index < -0.39 is 0 Å². The number of halogens is 2. The third-order valence-electron chi connectivity index (χ3n) is 2.86. The molecule has 112 valence electrons. The molecular weight excluding hydrogens is 309 g/mol. The maximum Gasteiger partial charge on any atom is 0.191 e. The van der Waals surface area contributed by atoms with Crippen molar-refractivity contribution in [3.05, 3.63) is 58.0 Å². The van der Waals surface area contributed by atoms with Gasteiger partial charge in [0.05, 0.1) is 12.8 Å². The van der Waals surface area contributed by atoms with E-state index in [2.05, 4.69) is 15.6 Å². The lowest BCUT2D eigenvalue weighted by Crippen LogP contribution is -2.37. The SMILES string of the molecule is CN=C(NCCc1cc(Cl)cc(Cl)c1)NCc1ccco1. The number of guanidine groups is 1. The second kappa shape index (κ2) is 7.96. The summed E-state index contributed by atoms with van der Waals surface area (Å²) in [6, 6.07) is 9.32. The first-order valence-electron chi connectivity index (χ1n) is 6.59. The Morgan fingerprint density at radius 3 is 2.57 bits per heavy atom. The van der Waals surface area contributed by atoms with Gasteiger partial charge >= 0.3 is 0 Å². The predicted molar refractivity (Wildman–Crippen MR) is 87.1 cm³/mol. The largest absolute Gasteiger partial charge is 0.467 e. The summed E-state index contributed by atoms with van der Waals surface area (Å²) in [4.78, 5) is 4.15. The maximum atomic E-state index is 5.97. The Kier molecular flexibility index (Phi) is 5.96. The molecule has 1 aromatic carbocycles. The van der Waals surface area contributed by atoms with Crippen LogP contribution < -0.4 is 10.6 Å². The van der Waals surface area contributed by atoms with Crippen molar-refractivity contribution in [3.63, 3.8) is 0 Å². The van der Waals surface area contributed by atoms with Crippen molar-refractivity contribution in [3.8, 4) is 0 Å². The van der Waals surface area contributed by atoms with Gasteiger partial charge in [-0.05, 0) is 42.3 Å². The van der Waals surface area contributed by atoms with Crippen LogP contribution in [0.25, 0.3) is 0 Å². The Morgan fingerprint density at radius 1 is 1.19 bits per heavy atom. The van der Waals surface area contributed by atoms with E-state index in [-0.39, 0.29) is 0 Å². The second-order valence-corrected chi connectivity index (χ2v) is 5.33. The minimum absolute atomic E-state index is 0.593. The van der Waals surface area contributed by atoms with Crippen molar-refractivity contribution >= 4 is 29.2 Å². The van der Waals surface area contributed by atoms with Crippen molar-refractivity contribution in [2.75, 3.05) is 13.6 Å². The summed E-state index contributed by atoms with van der Waals surface area (Å²) < 4.78 is 5.25. The zero-order chi connectivity index (χ0) is 15.1. The molecule has 0 fully saturated rings. The highest BCUT2D eigenvalue weighted by atomic mass is 35.5. The molecule has 0 amide bonds. The van der Waals surface area contributed by atoms with E-state index in [1.54, 1.807) is 19.4 Å². The smallest absolute Gasteiger partial charge is 0.191 e. The summed E-state index contributed by atoms with van der Waals surface area (Å²) in [5.41, 5.74) is 1.08. The number of nitrogens with one attached hydrogen (secondary N) is 2. The van der Waals surface area contributed by atoms with Crippen LogP contribution >= 0.6 is 23.2 Å². The van der Waals surface area contributed by atoms with Gasteiger partial charge in [0.15, 0.2) is 5.96 Å².